The maximum atomic E-state index is 12.5. The number of hydrogen-bond acceptors (Lipinski definition) is 7. The molecular weight excluding hydrogens is 456 g/mol. The first-order valence-corrected chi connectivity index (χ1v) is 12.9. The highest BCUT2D eigenvalue weighted by atomic mass is 32.2. The number of benzene rings is 3. The topological polar surface area (TPSA) is 78.7 Å². The fourth-order valence-corrected chi connectivity index (χ4v) is 6.36. The molecule has 1 amide bonds. The van der Waals surface area contributed by atoms with Crippen LogP contribution < -0.4 is 5.32 Å². The molecule has 1 aliphatic rings. The highest BCUT2D eigenvalue weighted by molar-refractivity contribution is 8.00. The minimum absolute atomic E-state index is 0.0851. The van der Waals surface area contributed by atoms with Crippen LogP contribution in [0, 0.1) is 11.3 Å². The van der Waals surface area contributed by atoms with Gasteiger partial charge in [0.2, 0.25) is 11.0 Å². The Labute approximate surface area is 198 Å². The average Bonchev–Trinajstić information content (AvgIpc) is 3.45. The molecule has 0 saturated heterocycles. The molecule has 0 atom stereocenters. The lowest BCUT2D eigenvalue weighted by atomic mass is 10.1. The van der Waals surface area contributed by atoms with Crippen LogP contribution in [0.2, 0.25) is 0 Å². The van der Waals surface area contributed by atoms with Crippen LogP contribution >= 0.6 is 34.9 Å². The van der Waals surface area contributed by atoms with Gasteiger partial charge in [0.1, 0.15) is 0 Å². The Morgan fingerprint density at radius 2 is 1.84 bits per heavy atom. The normalized spacial score (nSPS) is 12.1. The summed E-state index contributed by atoms with van der Waals surface area (Å²) < 4.78 is 0.796. The smallest absolute Gasteiger partial charge is 0.236 e. The molecule has 4 aromatic rings. The maximum Gasteiger partial charge on any atom is 0.236 e. The molecule has 0 fully saturated rings. The number of anilines is 1. The number of nitrogens with one attached hydrogen (secondary N) is 1. The van der Waals surface area contributed by atoms with Crippen LogP contribution in [0.25, 0.3) is 10.8 Å². The third-order valence-corrected chi connectivity index (χ3v) is 8.41. The SMILES string of the molecule is N#Cc1ccc(CSc2nnc(NC(=O)CSc3ccc4c5c(cccc35)CC4)s2)cc1. The van der Waals surface area contributed by atoms with Gasteiger partial charge in [-0.05, 0) is 58.5 Å². The van der Waals surface area contributed by atoms with Crippen LogP contribution in [0.4, 0.5) is 5.13 Å². The Morgan fingerprint density at radius 3 is 2.66 bits per heavy atom. The summed E-state index contributed by atoms with van der Waals surface area (Å²) in [6.07, 6.45) is 2.20. The van der Waals surface area contributed by atoms with E-state index in [2.05, 4.69) is 51.9 Å². The summed E-state index contributed by atoms with van der Waals surface area (Å²) in [7, 11) is 0. The zero-order chi connectivity index (χ0) is 21.9. The van der Waals surface area contributed by atoms with E-state index in [1.54, 1.807) is 35.7 Å². The molecule has 0 radical (unpaired) electrons. The quantitative estimate of drug-likeness (QED) is 0.274. The number of amides is 1. The first-order chi connectivity index (χ1) is 15.7. The molecule has 5 rings (SSSR count). The van der Waals surface area contributed by atoms with Crippen molar-refractivity contribution in [2.24, 2.45) is 0 Å². The molecule has 1 aromatic heterocycles. The predicted molar refractivity (Wildman–Crippen MR) is 131 cm³/mol. The molecule has 1 N–H and O–H groups in total. The fourth-order valence-electron chi connectivity index (χ4n) is 3.78. The largest absolute Gasteiger partial charge is 0.300 e. The Hall–Kier alpha value is -2.86. The number of thioether (sulfide) groups is 2. The van der Waals surface area contributed by atoms with E-state index in [0.717, 1.165) is 33.4 Å². The van der Waals surface area contributed by atoms with Crippen molar-refractivity contribution in [3.05, 3.63) is 76.9 Å². The molecule has 0 spiro atoms. The first-order valence-electron chi connectivity index (χ1n) is 10.1. The summed E-state index contributed by atoms with van der Waals surface area (Å²) >= 11 is 4.49. The third kappa shape index (κ3) is 4.51. The van der Waals surface area contributed by atoms with Gasteiger partial charge < -0.3 is 0 Å². The lowest BCUT2D eigenvalue weighted by Gasteiger charge is -2.08. The van der Waals surface area contributed by atoms with Crippen LogP contribution in [0.3, 0.4) is 0 Å². The van der Waals surface area contributed by atoms with Gasteiger partial charge in [-0.15, -0.1) is 22.0 Å². The van der Waals surface area contributed by atoms with Gasteiger partial charge >= 0.3 is 0 Å². The molecule has 1 aliphatic carbocycles. The number of nitriles is 1. The molecule has 3 aromatic carbocycles. The van der Waals surface area contributed by atoms with Crippen molar-refractivity contribution >= 4 is 56.7 Å². The van der Waals surface area contributed by atoms with Gasteiger partial charge in [0.15, 0.2) is 4.34 Å². The van der Waals surface area contributed by atoms with Crippen LogP contribution in [-0.2, 0) is 23.4 Å². The average molecular weight is 475 g/mol. The van der Waals surface area contributed by atoms with E-state index in [1.807, 2.05) is 12.1 Å². The second kappa shape index (κ2) is 9.33. The number of nitrogens with zero attached hydrogens (tertiary/aromatic N) is 3. The van der Waals surface area contributed by atoms with E-state index in [4.69, 9.17) is 5.26 Å². The van der Waals surface area contributed by atoms with Gasteiger partial charge in [0, 0.05) is 10.6 Å². The van der Waals surface area contributed by atoms with E-state index in [1.165, 1.54) is 33.2 Å². The van der Waals surface area contributed by atoms with Crippen LogP contribution in [0.15, 0.2) is 63.8 Å². The monoisotopic (exact) mass is 474 g/mol. The number of hydrogen-bond donors (Lipinski definition) is 1. The Balaban J connectivity index is 1.17. The van der Waals surface area contributed by atoms with E-state index >= 15 is 0 Å². The molecular formula is C24H18N4OS3. The first kappa shape index (κ1) is 21.0. The minimum atomic E-state index is -0.0851. The molecule has 1 heterocycles. The lowest BCUT2D eigenvalue weighted by Crippen LogP contribution is -2.13. The summed E-state index contributed by atoms with van der Waals surface area (Å²) in [6, 6.07) is 20.4. The summed E-state index contributed by atoms with van der Waals surface area (Å²) in [5, 5.41) is 23.1. The van der Waals surface area contributed by atoms with Gasteiger partial charge in [-0.1, -0.05) is 59.5 Å². The second-order valence-corrected chi connectivity index (χ2v) is 10.6. The number of aryl methyl sites for hydroxylation is 2. The van der Waals surface area contributed by atoms with Gasteiger partial charge in [0.05, 0.1) is 17.4 Å². The molecule has 0 saturated carbocycles. The zero-order valence-electron chi connectivity index (χ0n) is 17.0. The predicted octanol–water partition coefficient (Wildman–Crippen LogP) is 5.68. The number of carbonyl (C=O) groups is 1. The fraction of sp³-hybridized carbons (Fsp3) is 0.167. The van der Waals surface area contributed by atoms with Gasteiger partial charge in [0.25, 0.3) is 0 Å². The van der Waals surface area contributed by atoms with E-state index in [9.17, 15) is 4.79 Å². The molecule has 5 nitrogen and oxygen atoms in total. The molecule has 32 heavy (non-hydrogen) atoms. The number of aromatic nitrogens is 2. The van der Waals surface area contributed by atoms with E-state index in [0.29, 0.717) is 16.4 Å². The Kier molecular flexibility index (Phi) is 6.12. The van der Waals surface area contributed by atoms with E-state index in [-0.39, 0.29) is 5.91 Å². The summed E-state index contributed by atoms with van der Waals surface area (Å²) in [5.41, 5.74) is 4.57. The molecule has 0 unspecified atom stereocenters. The van der Waals surface area contributed by atoms with Crippen molar-refractivity contribution in [3.63, 3.8) is 0 Å². The lowest BCUT2D eigenvalue weighted by molar-refractivity contribution is -0.113. The number of carbonyl (C=O) groups excluding carboxylic acids is 1. The van der Waals surface area contributed by atoms with Crippen LogP contribution in [0.5, 0.6) is 0 Å². The van der Waals surface area contributed by atoms with Gasteiger partial charge in [-0.25, -0.2) is 0 Å². The molecule has 0 bridgehead atoms. The Bertz CT molecular complexity index is 1330. The highest BCUT2D eigenvalue weighted by Gasteiger charge is 2.17. The Morgan fingerprint density at radius 1 is 1.03 bits per heavy atom. The van der Waals surface area contributed by atoms with Crippen molar-refractivity contribution in [2.45, 2.75) is 27.8 Å². The van der Waals surface area contributed by atoms with Crippen molar-refractivity contribution in [1.29, 1.82) is 5.26 Å². The van der Waals surface area contributed by atoms with Crippen molar-refractivity contribution < 1.29 is 4.79 Å². The minimum Gasteiger partial charge on any atom is -0.300 e. The standard InChI is InChI=1S/C24H18N4OS3/c25-12-15-4-6-16(7-5-15)13-31-24-28-27-23(32-24)26-21(29)14-30-20-11-10-18-9-8-17-2-1-3-19(20)22(17)18/h1-7,10-11H,8-9,13-14H2,(H,26,27,29). The molecule has 8 heteroatoms. The van der Waals surface area contributed by atoms with Crippen molar-refractivity contribution in [2.75, 3.05) is 11.1 Å². The molecule has 0 aliphatic heterocycles. The highest BCUT2D eigenvalue weighted by Crippen LogP contribution is 2.36. The van der Waals surface area contributed by atoms with Crippen molar-refractivity contribution in [3.8, 4) is 6.07 Å². The zero-order valence-corrected chi connectivity index (χ0v) is 19.4. The summed E-state index contributed by atoms with van der Waals surface area (Å²) in [5.74, 6) is 0.972. The maximum absolute atomic E-state index is 12.5. The third-order valence-electron chi connectivity index (χ3n) is 5.29. The van der Waals surface area contributed by atoms with Gasteiger partial charge in [-0.3, -0.25) is 10.1 Å². The van der Waals surface area contributed by atoms with Crippen LogP contribution in [-0.4, -0.2) is 21.9 Å². The molecule has 158 valence electrons. The summed E-state index contributed by atoms with van der Waals surface area (Å²) in [4.78, 5) is 13.6. The van der Waals surface area contributed by atoms with Crippen LogP contribution in [0.1, 0.15) is 22.3 Å². The van der Waals surface area contributed by atoms with Gasteiger partial charge in [-0.2, -0.15) is 5.26 Å². The summed E-state index contributed by atoms with van der Waals surface area (Å²) in [6.45, 7) is 0. The second-order valence-electron chi connectivity index (χ2n) is 7.37. The number of rotatable bonds is 7. The van der Waals surface area contributed by atoms with Crippen molar-refractivity contribution in [1.82, 2.24) is 10.2 Å². The van der Waals surface area contributed by atoms with E-state index < -0.39 is 0 Å².